The predicted molar refractivity (Wildman–Crippen MR) is 80.8 cm³/mol. The van der Waals surface area contributed by atoms with Crippen LogP contribution in [-0.2, 0) is 6.54 Å². The first kappa shape index (κ1) is 14.4. The monoisotopic (exact) mass is 297 g/mol. The molecule has 2 aromatic carbocycles. The highest BCUT2D eigenvalue weighted by atomic mass is 19.1. The lowest BCUT2D eigenvalue weighted by Gasteiger charge is -2.03. The molecule has 3 rings (SSSR count). The number of nitrogens with zero attached hydrogens (tertiary/aromatic N) is 3. The van der Waals surface area contributed by atoms with Gasteiger partial charge < -0.3 is 10.0 Å². The zero-order chi connectivity index (χ0) is 15.5. The van der Waals surface area contributed by atoms with Crippen LogP contribution in [0.1, 0.15) is 5.56 Å². The number of hydrogen-bond donors (Lipinski definition) is 2. The minimum Gasteiger partial charge on any atom is -0.423 e. The second kappa shape index (κ2) is 6.09. The molecule has 2 N–H and O–H groups in total. The average Bonchev–Trinajstić information content (AvgIpc) is 2.96. The van der Waals surface area contributed by atoms with Gasteiger partial charge in [0.05, 0.1) is 12.7 Å². The van der Waals surface area contributed by atoms with E-state index >= 15 is 0 Å². The topological polar surface area (TPSA) is 71.2 Å². The maximum absolute atomic E-state index is 13.8. The summed E-state index contributed by atoms with van der Waals surface area (Å²) < 4.78 is 15.4. The Hall–Kier alpha value is -2.51. The van der Waals surface area contributed by atoms with Crippen molar-refractivity contribution in [3.05, 3.63) is 66.1 Å². The van der Waals surface area contributed by atoms with Crippen molar-refractivity contribution >= 4 is 12.6 Å². The van der Waals surface area contributed by atoms with Gasteiger partial charge in [0.2, 0.25) is 0 Å². The zero-order valence-electron chi connectivity index (χ0n) is 11.6. The summed E-state index contributed by atoms with van der Waals surface area (Å²) >= 11 is 0. The molecule has 0 atom stereocenters. The first-order valence-electron chi connectivity index (χ1n) is 6.73. The van der Waals surface area contributed by atoms with E-state index in [0.717, 1.165) is 5.56 Å². The molecule has 0 saturated carbocycles. The van der Waals surface area contributed by atoms with Crippen LogP contribution in [0.3, 0.4) is 0 Å². The minimum absolute atomic E-state index is 0.166. The van der Waals surface area contributed by atoms with Crippen LogP contribution >= 0.6 is 0 Å². The van der Waals surface area contributed by atoms with Crippen molar-refractivity contribution in [3.8, 4) is 11.3 Å². The molecule has 110 valence electrons. The molecule has 0 saturated heterocycles. The van der Waals surface area contributed by atoms with Crippen molar-refractivity contribution in [3.63, 3.8) is 0 Å². The van der Waals surface area contributed by atoms with Gasteiger partial charge in [-0.1, -0.05) is 47.7 Å². The standard InChI is InChI=1S/C15H13BFN3O2/c17-14-8-12(6-7-13(14)16(21)22)15-10-20(19-18-15)9-11-4-2-1-3-5-11/h1-8,10,21-22H,9H2. The number of hydrogen-bond acceptors (Lipinski definition) is 4. The van der Waals surface area contributed by atoms with E-state index in [1.807, 2.05) is 30.3 Å². The lowest BCUT2D eigenvalue weighted by Crippen LogP contribution is -2.32. The fraction of sp³-hybridized carbons (Fsp3) is 0.0667. The molecular formula is C15H13BFN3O2. The smallest absolute Gasteiger partial charge is 0.423 e. The van der Waals surface area contributed by atoms with E-state index in [0.29, 0.717) is 17.8 Å². The third-order valence-corrected chi connectivity index (χ3v) is 3.30. The van der Waals surface area contributed by atoms with Gasteiger partial charge in [-0.3, -0.25) is 0 Å². The van der Waals surface area contributed by atoms with Gasteiger partial charge in [0.25, 0.3) is 0 Å². The lowest BCUT2D eigenvalue weighted by molar-refractivity contribution is 0.423. The normalized spacial score (nSPS) is 10.7. The minimum atomic E-state index is -1.83. The fourth-order valence-electron chi connectivity index (χ4n) is 2.17. The summed E-state index contributed by atoms with van der Waals surface area (Å²) in [6.45, 7) is 0.573. The predicted octanol–water partition coefficient (Wildman–Crippen LogP) is 0.812. The van der Waals surface area contributed by atoms with Crippen molar-refractivity contribution in [1.82, 2.24) is 15.0 Å². The number of halogens is 1. The van der Waals surface area contributed by atoms with Gasteiger partial charge in [0, 0.05) is 11.0 Å². The Morgan fingerprint density at radius 2 is 1.86 bits per heavy atom. The van der Waals surface area contributed by atoms with E-state index in [1.54, 1.807) is 16.9 Å². The molecular weight excluding hydrogens is 284 g/mol. The van der Waals surface area contributed by atoms with Gasteiger partial charge in [-0.2, -0.15) is 0 Å². The van der Waals surface area contributed by atoms with Crippen molar-refractivity contribution < 1.29 is 14.4 Å². The van der Waals surface area contributed by atoms with Crippen LogP contribution in [0.5, 0.6) is 0 Å². The molecule has 0 fully saturated rings. The van der Waals surface area contributed by atoms with E-state index in [2.05, 4.69) is 10.3 Å². The third-order valence-electron chi connectivity index (χ3n) is 3.30. The number of benzene rings is 2. The van der Waals surface area contributed by atoms with Crippen molar-refractivity contribution in [2.75, 3.05) is 0 Å². The van der Waals surface area contributed by atoms with Crippen molar-refractivity contribution in [2.45, 2.75) is 6.54 Å². The van der Waals surface area contributed by atoms with Gasteiger partial charge in [0.1, 0.15) is 11.5 Å². The highest BCUT2D eigenvalue weighted by molar-refractivity contribution is 6.58. The summed E-state index contributed by atoms with van der Waals surface area (Å²) in [5, 5.41) is 26.1. The zero-order valence-corrected chi connectivity index (χ0v) is 11.6. The Morgan fingerprint density at radius 3 is 2.55 bits per heavy atom. The van der Waals surface area contributed by atoms with E-state index in [9.17, 15) is 4.39 Å². The molecule has 0 amide bonds. The van der Waals surface area contributed by atoms with Gasteiger partial charge >= 0.3 is 7.12 Å². The Morgan fingerprint density at radius 1 is 1.09 bits per heavy atom. The molecule has 1 aromatic heterocycles. The van der Waals surface area contributed by atoms with E-state index in [4.69, 9.17) is 10.0 Å². The van der Waals surface area contributed by atoms with Gasteiger partial charge in [-0.25, -0.2) is 9.07 Å². The van der Waals surface area contributed by atoms with E-state index < -0.39 is 12.9 Å². The molecule has 0 bridgehead atoms. The molecule has 7 heteroatoms. The van der Waals surface area contributed by atoms with Gasteiger partial charge in [-0.05, 0) is 11.6 Å². The Balaban J connectivity index is 1.83. The summed E-state index contributed by atoms with van der Waals surface area (Å²) in [4.78, 5) is 0. The summed E-state index contributed by atoms with van der Waals surface area (Å²) in [6, 6.07) is 13.9. The number of rotatable bonds is 4. The van der Waals surface area contributed by atoms with E-state index in [1.165, 1.54) is 12.1 Å². The summed E-state index contributed by atoms with van der Waals surface area (Å²) in [5.41, 5.74) is 1.97. The van der Waals surface area contributed by atoms with Crippen LogP contribution in [0.4, 0.5) is 4.39 Å². The molecule has 0 spiro atoms. The SMILES string of the molecule is OB(O)c1ccc(-c2cn(Cc3ccccc3)nn2)cc1F. The second-order valence-electron chi connectivity index (χ2n) is 4.90. The number of aromatic nitrogens is 3. The largest absolute Gasteiger partial charge is 0.491 e. The molecule has 0 unspecified atom stereocenters. The summed E-state index contributed by atoms with van der Waals surface area (Å²) in [7, 11) is -1.83. The third kappa shape index (κ3) is 3.05. The Labute approximate surface area is 126 Å². The second-order valence-corrected chi connectivity index (χ2v) is 4.90. The highest BCUT2D eigenvalue weighted by Crippen LogP contribution is 2.16. The summed E-state index contributed by atoms with van der Waals surface area (Å²) in [5.74, 6) is -0.690. The Kier molecular flexibility index (Phi) is 3.99. The van der Waals surface area contributed by atoms with Crippen LogP contribution in [0.25, 0.3) is 11.3 Å². The molecule has 0 aliphatic rings. The van der Waals surface area contributed by atoms with Crippen molar-refractivity contribution in [2.24, 2.45) is 0 Å². The van der Waals surface area contributed by atoms with Gasteiger partial charge in [0.15, 0.2) is 0 Å². The molecule has 0 radical (unpaired) electrons. The fourth-order valence-corrected chi connectivity index (χ4v) is 2.17. The molecule has 22 heavy (non-hydrogen) atoms. The van der Waals surface area contributed by atoms with Crippen LogP contribution in [-0.4, -0.2) is 32.2 Å². The first-order chi connectivity index (χ1) is 10.6. The average molecular weight is 297 g/mol. The quantitative estimate of drug-likeness (QED) is 0.699. The molecule has 0 aliphatic heterocycles. The van der Waals surface area contributed by atoms with Crippen LogP contribution in [0.15, 0.2) is 54.7 Å². The van der Waals surface area contributed by atoms with Crippen LogP contribution in [0.2, 0.25) is 0 Å². The molecule has 3 aromatic rings. The summed E-state index contributed by atoms with van der Waals surface area (Å²) in [6.07, 6.45) is 1.72. The van der Waals surface area contributed by atoms with Gasteiger partial charge in [-0.15, -0.1) is 5.10 Å². The lowest BCUT2D eigenvalue weighted by atomic mass is 9.79. The van der Waals surface area contributed by atoms with Crippen LogP contribution in [0, 0.1) is 5.82 Å². The maximum atomic E-state index is 13.8. The molecule has 5 nitrogen and oxygen atoms in total. The molecule has 0 aliphatic carbocycles. The van der Waals surface area contributed by atoms with Crippen LogP contribution < -0.4 is 5.46 Å². The Bertz CT molecular complexity index is 777. The van der Waals surface area contributed by atoms with E-state index in [-0.39, 0.29) is 5.46 Å². The highest BCUT2D eigenvalue weighted by Gasteiger charge is 2.17. The first-order valence-corrected chi connectivity index (χ1v) is 6.73. The maximum Gasteiger partial charge on any atom is 0.491 e. The van der Waals surface area contributed by atoms with Crippen molar-refractivity contribution in [1.29, 1.82) is 0 Å². The molecule has 1 heterocycles.